The Hall–Kier alpha value is -1.41. The smallest absolute Gasteiger partial charge is 0.432 e. The van der Waals surface area contributed by atoms with Crippen LogP contribution in [0.4, 0.5) is 0 Å². The lowest BCUT2D eigenvalue weighted by atomic mass is 9.98. The zero-order valence-corrected chi connectivity index (χ0v) is 16.4. The zero-order chi connectivity index (χ0) is 18.9. The van der Waals surface area contributed by atoms with E-state index in [1.165, 1.54) is 0 Å². The van der Waals surface area contributed by atoms with Crippen LogP contribution in [0, 0.1) is 16.2 Å². The second kappa shape index (κ2) is 6.60. The normalized spacial score (nSPS) is 13.3. The maximum atomic E-state index is 12.0. The topological polar surface area (TPSA) is 99.1 Å². The molecule has 23 heavy (non-hydrogen) atoms. The van der Waals surface area contributed by atoms with Crippen molar-refractivity contribution in [2.75, 3.05) is 0 Å². The van der Waals surface area contributed by atoms with E-state index >= 15 is 0 Å². The van der Waals surface area contributed by atoms with E-state index in [0.717, 1.165) is 0 Å². The van der Waals surface area contributed by atoms with Crippen molar-refractivity contribution < 1.29 is 32.5 Å². The van der Waals surface area contributed by atoms with Crippen molar-refractivity contribution in [3.63, 3.8) is 0 Å². The van der Waals surface area contributed by atoms with Crippen LogP contribution in [-0.4, -0.2) is 31.8 Å². The Bertz CT molecular complexity index is 408. The SMILES string of the molecule is CC(C)(C)C(=O)O[Si](O)(OC(=O)C(C)(C)C)OC(=O)C(C)(C)C. The van der Waals surface area contributed by atoms with E-state index in [4.69, 9.17) is 13.3 Å². The molecule has 0 rings (SSSR count). The summed E-state index contributed by atoms with van der Waals surface area (Å²) >= 11 is 0. The van der Waals surface area contributed by atoms with Crippen molar-refractivity contribution in [2.45, 2.75) is 62.3 Å². The minimum Gasteiger partial charge on any atom is -0.432 e. The Morgan fingerprint density at radius 3 is 0.913 bits per heavy atom. The Morgan fingerprint density at radius 2 is 0.783 bits per heavy atom. The van der Waals surface area contributed by atoms with Gasteiger partial charge in [-0.2, -0.15) is 0 Å². The van der Waals surface area contributed by atoms with Crippen LogP contribution in [0.25, 0.3) is 0 Å². The molecule has 0 amide bonds. The highest BCUT2D eigenvalue weighted by molar-refractivity contribution is 6.58. The molecule has 7 nitrogen and oxygen atoms in total. The van der Waals surface area contributed by atoms with E-state index in [2.05, 4.69) is 0 Å². The van der Waals surface area contributed by atoms with Gasteiger partial charge in [0.25, 0.3) is 0 Å². The molecule has 0 aromatic carbocycles. The lowest BCUT2D eigenvalue weighted by molar-refractivity contribution is -0.167. The molecule has 0 saturated heterocycles. The maximum Gasteiger partial charge on any atom is 0.896 e. The molecule has 0 bridgehead atoms. The van der Waals surface area contributed by atoms with Gasteiger partial charge in [0.15, 0.2) is 0 Å². The highest BCUT2D eigenvalue weighted by Gasteiger charge is 2.58. The minimum atomic E-state index is -4.82. The van der Waals surface area contributed by atoms with E-state index < -0.39 is 43.2 Å². The zero-order valence-electron chi connectivity index (χ0n) is 15.4. The van der Waals surface area contributed by atoms with Crippen LogP contribution in [0.2, 0.25) is 0 Å². The molecule has 0 unspecified atom stereocenters. The van der Waals surface area contributed by atoms with Crippen LogP contribution < -0.4 is 0 Å². The summed E-state index contributed by atoms with van der Waals surface area (Å²) in [4.78, 5) is 46.5. The fourth-order valence-electron chi connectivity index (χ4n) is 0.873. The first kappa shape index (κ1) is 21.6. The Balaban J connectivity index is 5.48. The molecular weight excluding hydrogens is 320 g/mol. The summed E-state index contributed by atoms with van der Waals surface area (Å²) in [5.74, 6) is -2.51. The maximum absolute atomic E-state index is 12.0. The average molecular weight is 348 g/mol. The van der Waals surface area contributed by atoms with Crippen LogP contribution in [0.15, 0.2) is 0 Å². The van der Waals surface area contributed by atoms with Gasteiger partial charge in [-0.3, -0.25) is 14.4 Å². The van der Waals surface area contributed by atoms with Gasteiger partial charge in [0, 0.05) is 0 Å². The summed E-state index contributed by atoms with van der Waals surface area (Å²) in [5, 5.41) is 0. The largest absolute Gasteiger partial charge is 0.896 e. The van der Waals surface area contributed by atoms with Crippen molar-refractivity contribution in [2.24, 2.45) is 16.2 Å². The number of rotatable bonds is 3. The van der Waals surface area contributed by atoms with Crippen molar-refractivity contribution in [3.05, 3.63) is 0 Å². The first-order chi connectivity index (χ1) is 9.88. The number of carbonyl (C=O) groups excluding carboxylic acids is 3. The summed E-state index contributed by atoms with van der Waals surface area (Å²) in [7, 11) is -4.82. The van der Waals surface area contributed by atoms with Crippen molar-refractivity contribution in [1.29, 1.82) is 0 Å². The molecule has 0 aromatic heterocycles. The lowest BCUT2D eigenvalue weighted by Crippen LogP contribution is -2.54. The second-order valence-electron chi connectivity index (χ2n) is 8.44. The third-order valence-corrected chi connectivity index (χ3v) is 3.83. The molecular formula is C15H28O7Si. The molecule has 0 aliphatic heterocycles. The monoisotopic (exact) mass is 348 g/mol. The molecule has 0 radical (unpaired) electrons. The van der Waals surface area contributed by atoms with Crippen LogP contribution in [-0.2, 0) is 27.7 Å². The number of hydrogen-bond acceptors (Lipinski definition) is 7. The third kappa shape index (κ3) is 7.13. The summed E-state index contributed by atoms with van der Waals surface area (Å²) in [5.41, 5.74) is -2.91. The van der Waals surface area contributed by atoms with Crippen molar-refractivity contribution in [1.82, 2.24) is 0 Å². The van der Waals surface area contributed by atoms with Crippen LogP contribution in [0.5, 0.6) is 0 Å². The minimum absolute atomic E-state index is 0.838. The van der Waals surface area contributed by atoms with Crippen LogP contribution in [0.1, 0.15) is 62.3 Å². The molecule has 0 aliphatic carbocycles. The molecule has 0 spiro atoms. The van der Waals surface area contributed by atoms with Crippen LogP contribution >= 0.6 is 0 Å². The van der Waals surface area contributed by atoms with Crippen molar-refractivity contribution in [3.8, 4) is 0 Å². The van der Waals surface area contributed by atoms with Crippen molar-refractivity contribution >= 4 is 27.0 Å². The molecule has 0 heterocycles. The Labute approximate surface area is 138 Å². The van der Waals surface area contributed by atoms with E-state index in [0.29, 0.717) is 0 Å². The quantitative estimate of drug-likeness (QED) is 0.780. The van der Waals surface area contributed by atoms with Gasteiger partial charge in [0.1, 0.15) is 0 Å². The number of hydrogen-bond donors (Lipinski definition) is 1. The van der Waals surface area contributed by atoms with E-state index in [1.807, 2.05) is 0 Å². The van der Waals surface area contributed by atoms with Gasteiger partial charge in [0.05, 0.1) is 16.2 Å². The fourth-order valence-corrected chi connectivity index (χ4v) is 2.62. The van der Waals surface area contributed by atoms with Gasteiger partial charge in [-0.1, -0.05) is 0 Å². The van der Waals surface area contributed by atoms with Gasteiger partial charge >= 0.3 is 27.0 Å². The molecule has 134 valence electrons. The molecule has 0 saturated carbocycles. The van der Waals surface area contributed by atoms with E-state index in [9.17, 15) is 19.2 Å². The third-order valence-electron chi connectivity index (χ3n) is 2.50. The standard InChI is InChI=1S/C15H28O7Si/c1-13(2,3)10(16)20-23(19,21-11(17)14(4,5)6)22-12(18)15(7,8)9/h19H,1-9H3. The summed E-state index contributed by atoms with van der Waals surface area (Å²) < 4.78 is 14.7. The Kier molecular flexibility index (Phi) is 6.20. The second-order valence-corrected chi connectivity index (χ2v) is 10.1. The highest BCUT2D eigenvalue weighted by atomic mass is 28.4. The summed E-state index contributed by atoms with van der Waals surface area (Å²) in [6, 6.07) is 0. The van der Waals surface area contributed by atoms with Gasteiger partial charge in [-0.05, 0) is 62.3 Å². The summed E-state index contributed by atoms with van der Waals surface area (Å²) in [6.45, 7) is 14.0. The fraction of sp³-hybridized carbons (Fsp3) is 0.800. The van der Waals surface area contributed by atoms with E-state index in [1.54, 1.807) is 62.3 Å². The summed E-state index contributed by atoms with van der Waals surface area (Å²) in [6.07, 6.45) is 0. The molecule has 0 atom stereocenters. The molecule has 0 fully saturated rings. The predicted molar refractivity (Wildman–Crippen MR) is 84.6 cm³/mol. The van der Waals surface area contributed by atoms with Gasteiger partial charge < -0.3 is 18.1 Å². The number of carbonyl (C=O) groups is 3. The van der Waals surface area contributed by atoms with Gasteiger partial charge in [0.2, 0.25) is 0 Å². The lowest BCUT2D eigenvalue weighted by Gasteiger charge is -2.29. The first-order valence-electron chi connectivity index (χ1n) is 7.31. The average Bonchev–Trinajstić information content (AvgIpc) is 2.23. The Morgan fingerprint density at radius 1 is 0.609 bits per heavy atom. The molecule has 0 aliphatic rings. The van der Waals surface area contributed by atoms with E-state index in [-0.39, 0.29) is 0 Å². The predicted octanol–water partition coefficient (Wildman–Crippen LogP) is 2.18. The molecule has 8 heteroatoms. The van der Waals surface area contributed by atoms with Gasteiger partial charge in [-0.25, -0.2) is 0 Å². The van der Waals surface area contributed by atoms with Gasteiger partial charge in [-0.15, -0.1) is 0 Å². The first-order valence-corrected chi connectivity index (χ1v) is 8.98. The van der Waals surface area contributed by atoms with Crippen LogP contribution in [0.3, 0.4) is 0 Å². The highest BCUT2D eigenvalue weighted by Crippen LogP contribution is 2.25. The molecule has 0 aromatic rings. The molecule has 1 N–H and O–H groups in total.